The van der Waals surface area contributed by atoms with E-state index in [2.05, 4.69) is 4.74 Å². The van der Waals surface area contributed by atoms with Gasteiger partial charge in [0, 0.05) is 13.7 Å². The lowest BCUT2D eigenvalue weighted by Gasteiger charge is -2.02. The highest BCUT2D eigenvalue weighted by atomic mass is 16.5. The van der Waals surface area contributed by atoms with Crippen molar-refractivity contribution in [3.8, 4) is 0 Å². The van der Waals surface area contributed by atoms with E-state index in [1.54, 1.807) is 0 Å². The molecule has 0 amide bonds. The predicted octanol–water partition coefficient (Wildman–Crippen LogP) is 0.255. The lowest BCUT2D eigenvalue weighted by Crippen LogP contribution is -2.16. The van der Waals surface area contributed by atoms with Gasteiger partial charge in [-0.2, -0.15) is 0 Å². The van der Waals surface area contributed by atoms with Gasteiger partial charge in [0.05, 0.1) is 13.2 Å². The molecule has 0 rings (SSSR count). The maximum atomic E-state index is 10.8. The summed E-state index contributed by atoms with van der Waals surface area (Å²) in [6, 6.07) is 0. The maximum absolute atomic E-state index is 10.8. The molecule has 0 aromatic heterocycles. The summed E-state index contributed by atoms with van der Waals surface area (Å²) in [7, 11) is 1.48. The van der Waals surface area contributed by atoms with Crippen LogP contribution in [0.4, 0.5) is 0 Å². The van der Waals surface area contributed by atoms with E-state index in [4.69, 9.17) is 9.47 Å². The van der Waals surface area contributed by atoms with Crippen molar-refractivity contribution < 1.29 is 19.0 Å². The van der Waals surface area contributed by atoms with Crippen LogP contribution in [0.2, 0.25) is 0 Å². The van der Waals surface area contributed by atoms with E-state index >= 15 is 0 Å². The Morgan fingerprint density at radius 1 is 1.17 bits per heavy atom. The summed E-state index contributed by atoms with van der Waals surface area (Å²) >= 11 is 0. The first-order valence-electron chi connectivity index (χ1n) is 3.97. The zero-order chi connectivity index (χ0) is 9.23. The van der Waals surface area contributed by atoms with Crippen LogP contribution in [0.1, 0.15) is 6.92 Å². The molecule has 72 valence electrons. The average molecular weight is 176 g/mol. The van der Waals surface area contributed by atoms with E-state index in [1.165, 1.54) is 7.11 Å². The number of Topliss-reactive ketones (excluding diaryl/α,β-unsaturated/α-hetero) is 1. The smallest absolute Gasteiger partial charge is 0.183 e. The van der Waals surface area contributed by atoms with Gasteiger partial charge >= 0.3 is 0 Å². The van der Waals surface area contributed by atoms with Gasteiger partial charge in [-0.25, -0.2) is 0 Å². The molecule has 0 aromatic carbocycles. The summed E-state index contributed by atoms with van der Waals surface area (Å²) < 4.78 is 14.6. The van der Waals surface area contributed by atoms with Crippen LogP contribution in [0.5, 0.6) is 0 Å². The third-order valence-electron chi connectivity index (χ3n) is 1.14. The van der Waals surface area contributed by atoms with Crippen LogP contribution in [0.3, 0.4) is 0 Å². The number of rotatable bonds is 8. The van der Waals surface area contributed by atoms with Gasteiger partial charge < -0.3 is 14.2 Å². The van der Waals surface area contributed by atoms with Crippen LogP contribution in [0.25, 0.3) is 0 Å². The highest BCUT2D eigenvalue weighted by Gasteiger charge is 1.99. The van der Waals surface area contributed by atoms with E-state index in [1.807, 2.05) is 6.92 Å². The van der Waals surface area contributed by atoms with Crippen molar-refractivity contribution in [3.05, 3.63) is 0 Å². The minimum absolute atomic E-state index is 0.0472. The molecular weight excluding hydrogens is 160 g/mol. The summed E-state index contributed by atoms with van der Waals surface area (Å²) in [5.41, 5.74) is 0. The minimum Gasteiger partial charge on any atom is -0.379 e. The number of hydrogen-bond acceptors (Lipinski definition) is 4. The summed E-state index contributed by atoms with van der Waals surface area (Å²) in [5, 5.41) is 0. The SMILES string of the molecule is CCOCCOCC(=O)COC. The largest absolute Gasteiger partial charge is 0.379 e. The second-order valence-electron chi connectivity index (χ2n) is 2.22. The zero-order valence-corrected chi connectivity index (χ0v) is 7.67. The first-order chi connectivity index (χ1) is 5.81. The van der Waals surface area contributed by atoms with Crippen molar-refractivity contribution >= 4 is 5.78 Å². The number of hydrogen-bond donors (Lipinski definition) is 0. The Bertz CT molecular complexity index is 114. The van der Waals surface area contributed by atoms with E-state index in [-0.39, 0.29) is 19.0 Å². The van der Waals surface area contributed by atoms with Gasteiger partial charge in [-0.05, 0) is 6.92 Å². The number of methoxy groups -OCH3 is 1. The van der Waals surface area contributed by atoms with Gasteiger partial charge in [0.15, 0.2) is 5.78 Å². The van der Waals surface area contributed by atoms with E-state index < -0.39 is 0 Å². The molecule has 0 radical (unpaired) electrons. The molecule has 0 bridgehead atoms. The van der Waals surface area contributed by atoms with E-state index in [0.717, 1.165) is 0 Å². The molecule has 0 saturated carbocycles. The predicted molar refractivity (Wildman–Crippen MR) is 44.2 cm³/mol. The van der Waals surface area contributed by atoms with Gasteiger partial charge in [0.2, 0.25) is 0 Å². The summed E-state index contributed by atoms with van der Waals surface area (Å²) in [5.74, 6) is -0.0472. The fourth-order valence-electron chi connectivity index (χ4n) is 0.651. The van der Waals surface area contributed by atoms with Gasteiger partial charge in [-0.1, -0.05) is 0 Å². The molecule has 0 saturated heterocycles. The fourth-order valence-corrected chi connectivity index (χ4v) is 0.651. The van der Waals surface area contributed by atoms with Crippen LogP contribution in [0.15, 0.2) is 0 Å². The van der Waals surface area contributed by atoms with Crippen LogP contribution >= 0.6 is 0 Å². The zero-order valence-electron chi connectivity index (χ0n) is 7.67. The Balaban J connectivity index is 3.03. The van der Waals surface area contributed by atoms with Crippen LogP contribution in [-0.2, 0) is 19.0 Å². The van der Waals surface area contributed by atoms with Gasteiger partial charge in [0.25, 0.3) is 0 Å². The number of ether oxygens (including phenoxy) is 3. The standard InChI is InChI=1S/C8H16O4/c1-3-11-4-5-12-7-8(9)6-10-2/h3-7H2,1-2H3. The molecule has 0 aromatic rings. The van der Waals surface area contributed by atoms with Gasteiger partial charge in [-0.3, -0.25) is 4.79 Å². The Morgan fingerprint density at radius 2 is 1.83 bits per heavy atom. The minimum atomic E-state index is -0.0472. The normalized spacial score (nSPS) is 10.2. The first-order valence-corrected chi connectivity index (χ1v) is 3.97. The van der Waals surface area contributed by atoms with Crippen molar-refractivity contribution in [1.82, 2.24) is 0 Å². The average Bonchev–Trinajstić information content (AvgIpc) is 2.05. The molecule has 0 aliphatic carbocycles. The second-order valence-corrected chi connectivity index (χ2v) is 2.22. The van der Waals surface area contributed by atoms with Crippen LogP contribution < -0.4 is 0 Å². The Kier molecular flexibility index (Phi) is 8.32. The van der Waals surface area contributed by atoms with E-state index in [0.29, 0.717) is 19.8 Å². The van der Waals surface area contributed by atoms with Crippen molar-refractivity contribution in [1.29, 1.82) is 0 Å². The van der Waals surface area contributed by atoms with Crippen molar-refractivity contribution in [2.45, 2.75) is 6.92 Å². The third kappa shape index (κ3) is 7.65. The van der Waals surface area contributed by atoms with Gasteiger partial charge in [0.1, 0.15) is 13.2 Å². The van der Waals surface area contributed by atoms with Crippen LogP contribution in [-0.4, -0.2) is 45.9 Å². The van der Waals surface area contributed by atoms with Crippen molar-refractivity contribution in [2.24, 2.45) is 0 Å². The number of carbonyl (C=O) groups excluding carboxylic acids is 1. The number of ketones is 1. The molecular formula is C8H16O4. The summed E-state index contributed by atoms with van der Waals surface area (Å²) in [6.45, 7) is 3.82. The molecule has 4 nitrogen and oxygen atoms in total. The van der Waals surface area contributed by atoms with E-state index in [9.17, 15) is 4.79 Å². The quantitative estimate of drug-likeness (QED) is 0.497. The molecule has 0 aliphatic rings. The summed E-state index contributed by atoms with van der Waals surface area (Å²) in [4.78, 5) is 10.8. The lowest BCUT2D eigenvalue weighted by molar-refractivity contribution is -0.127. The second kappa shape index (κ2) is 8.64. The molecule has 12 heavy (non-hydrogen) atoms. The third-order valence-corrected chi connectivity index (χ3v) is 1.14. The fraction of sp³-hybridized carbons (Fsp3) is 0.875. The molecule has 0 heterocycles. The lowest BCUT2D eigenvalue weighted by atomic mass is 10.4. The van der Waals surface area contributed by atoms with Crippen LogP contribution in [0, 0.1) is 0 Å². The molecule has 0 unspecified atom stereocenters. The molecule has 0 N–H and O–H groups in total. The Hall–Kier alpha value is -0.450. The molecule has 4 heteroatoms. The van der Waals surface area contributed by atoms with Crippen molar-refractivity contribution in [3.63, 3.8) is 0 Å². The molecule has 0 atom stereocenters. The van der Waals surface area contributed by atoms with Crippen molar-refractivity contribution in [2.75, 3.05) is 40.1 Å². The number of carbonyl (C=O) groups is 1. The molecule has 0 aliphatic heterocycles. The first kappa shape index (κ1) is 11.6. The molecule has 0 fully saturated rings. The Labute approximate surface area is 72.8 Å². The topological polar surface area (TPSA) is 44.8 Å². The maximum Gasteiger partial charge on any atom is 0.183 e. The Morgan fingerprint density at radius 3 is 2.42 bits per heavy atom. The summed E-state index contributed by atoms with van der Waals surface area (Å²) in [6.07, 6.45) is 0. The monoisotopic (exact) mass is 176 g/mol. The molecule has 0 spiro atoms. The highest BCUT2D eigenvalue weighted by Crippen LogP contribution is 1.80. The highest BCUT2D eigenvalue weighted by molar-refractivity contribution is 5.80. The van der Waals surface area contributed by atoms with Gasteiger partial charge in [-0.15, -0.1) is 0 Å².